The summed E-state index contributed by atoms with van der Waals surface area (Å²) >= 11 is 0. The number of alkyl halides is 2. The van der Waals surface area contributed by atoms with Crippen LogP contribution in [0.3, 0.4) is 0 Å². The van der Waals surface area contributed by atoms with Crippen molar-refractivity contribution in [2.24, 2.45) is 4.99 Å². The van der Waals surface area contributed by atoms with E-state index in [-0.39, 0.29) is 12.1 Å². The molecule has 0 fully saturated rings. The fourth-order valence-corrected chi connectivity index (χ4v) is 4.07. The van der Waals surface area contributed by atoms with Gasteiger partial charge in [-0.15, -0.1) is 0 Å². The van der Waals surface area contributed by atoms with E-state index in [2.05, 4.69) is 20.3 Å². The first-order valence-corrected chi connectivity index (χ1v) is 10.5. The van der Waals surface area contributed by atoms with E-state index >= 15 is 0 Å². The lowest BCUT2D eigenvalue weighted by atomic mass is 10.0. The van der Waals surface area contributed by atoms with Gasteiger partial charge in [-0.25, -0.2) is 13.2 Å². The molecule has 0 atom stereocenters. The molecule has 6 nitrogen and oxygen atoms in total. The van der Waals surface area contributed by atoms with Crippen LogP contribution in [-0.2, 0) is 23.7 Å². The van der Waals surface area contributed by atoms with Gasteiger partial charge in [0.15, 0.2) is 5.49 Å². The monoisotopic (exact) mass is 441 g/mol. The van der Waals surface area contributed by atoms with Crippen molar-refractivity contribution in [3.8, 4) is 0 Å². The summed E-state index contributed by atoms with van der Waals surface area (Å²) in [6.07, 6.45) is 4.58. The Morgan fingerprint density at radius 2 is 2.19 bits per heavy atom. The predicted molar refractivity (Wildman–Crippen MR) is 115 cm³/mol. The second-order valence-corrected chi connectivity index (χ2v) is 7.96. The molecule has 0 saturated heterocycles. The van der Waals surface area contributed by atoms with Crippen LogP contribution in [0.5, 0.6) is 0 Å². The van der Waals surface area contributed by atoms with Crippen LogP contribution in [0.25, 0.3) is 16.5 Å². The van der Waals surface area contributed by atoms with Crippen LogP contribution in [0, 0.1) is 5.82 Å². The molecule has 1 N–H and O–H groups in total. The van der Waals surface area contributed by atoms with Gasteiger partial charge in [-0.1, -0.05) is 24.3 Å². The second kappa shape index (κ2) is 8.05. The number of halogens is 3. The van der Waals surface area contributed by atoms with E-state index in [0.717, 1.165) is 47.7 Å². The van der Waals surface area contributed by atoms with Crippen LogP contribution in [-0.4, -0.2) is 34.3 Å². The highest BCUT2D eigenvalue weighted by atomic mass is 19.3. The summed E-state index contributed by atoms with van der Waals surface area (Å²) in [5, 5.41) is 4.00. The van der Waals surface area contributed by atoms with Crippen molar-refractivity contribution in [1.82, 2.24) is 14.5 Å². The van der Waals surface area contributed by atoms with Gasteiger partial charge in [0.05, 0.1) is 42.7 Å². The second-order valence-electron chi connectivity index (χ2n) is 7.96. The fourth-order valence-electron chi connectivity index (χ4n) is 4.07. The van der Waals surface area contributed by atoms with E-state index in [0.29, 0.717) is 31.6 Å². The third-order valence-electron chi connectivity index (χ3n) is 5.74. The molecule has 0 amide bonds. The molecule has 0 aliphatic carbocycles. The molecule has 9 heteroatoms. The summed E-state index contributed by atoms with van der Waals surface area (Å²) in [5.41, 5.74) is 2.67. The molecule has 5 rings (SSSR count). The van der Waals surface area contributed by atoms with Crippen molar-refractivity contribution in [2.75, 3.05) is 25.1 Å². The Morgan fingerprint density at radius 1 is 1.31 bits per heavy atom. The number of nitrogens with one attached hydrogen (secondary N) is 1. The molecule has 32 heavy (non-hydrogen) atoms. The fraction of sp³-hybridized carbons (Fsp3) is 0.348. The van der Waals surface area contributed by atoms with Gasteiger partial charge >= 0.3 is 0 Å². The molecule has 0 radical (unpaired) electrons. The number of hydrogen-bond donors (Lipinski definition) is 1. The summed E-state index contributed by atoms with van der Waals surface area (Å²) < 4.78 is 49.6. The summed E-state index contributed by atoms with van der Waals surface area (Å²) in [4.78, 5) is 13.8. The van der Waals surface area contributed by atoms with Crippen LogP contribution in [0.1, 0.15) is 30.2 Å². The van der Waals surface area contributed by atoms with Gasteiger partial charge in [-0.2, -0.15) is 4.98 Å². The lowest BCUT2D eigenvalue weighted by molar-refractivity contribution is 0.0136. The van der Waals surface area contributed by atoms with Crippen LogP contribution < -0.4 is 10.8 Å². The Labute approximate surface area is 182 Å². The Bertz CT molecular complexity index is 1290. The lowest BCUT2D eigenvalue weighted by Gasteiger charge is -2.15. The van der Waals surface area contributed by atoms with E-state index in [1.165, 1.54) is 12.1 Å². The van der Waals surface area contributed by atoms with Gasteiger partial charge < -0.3 is 14.6 Å². The lowest BCUT2D eigenvalue weighted by Crippen LogP contribution is -2.17. The number of aromatic nitrogens is 3. The van der Waals surface area contributed by atoms with Crippen LogP contribution in [0.2, 0.25) is 0 Å². The minimum absolute atomic E-state index is 0.0986. The number of hydrogen-bond acceptors (Lipinski definition) is 5. The van der Waals surface area contributed by atoms with Crippen LogP contribution >= 0.6 is 0 Å². The third-order valence-corrected chi connectivity index (χ3v) is 5.74. The normalized spacial score (nSPS) is 16.8. The zero-order chi connectivity index (χ0) is 22.3. The van der Waals surface area contributed by atoms with Crippen molar-refractivity contribution >= 4 is 22.4 Å². The van der Waals surface area contributed by atoms with Crippen molar-refractivity contribution in [3.05, 3.63) is 64.7 Å². The molecule has 2 aliphatic rings. The summed E-state index contributed by atoms with van der Waals surface area (Å²) in [5.74, 6) is -3.54. The number of ether oxygens (including phenoxy) is 1. The first kappa shape index (κ1) is 20.7. The molecule has 2 aromatic heterocycles. The summed E-state index contributed by atoms with van der Waals surface area (Å²) in [6, 6.07) is 5.93. The Kier molecular flexibility index (Phi) is 5.21. The van der Waals surface area contributed by atoms with Crippen LogP contribution in [0.4, 0.5) is 19.1 Å². The first-order chi connectivity index (χ1) is 15.4. The smallest absolute Gasteiger partial charge is 0.273 e. The van der Waals surface area contributed by atoms with Crippen molar-refractivity contribution in [2.45, 2.75) is 32.4 Å². The highest BCUT2D eigenvalue weighted by molar-refractivity contribution is 5.82. The molecule has 166 valence electrons. The zero-order valence-corrected chi connectivity index (χ0v) is 17.5. The standard InChI is InChI=1S/C23H22F3N5O/c1-23(25,26)17-4-2-3-15(20(17)24)12-29-21-16-11-18(14-5-9-32-10-6-14)28-13-19(16)31-8-7-27-22(31)30-21/h2-5,11,13H,6-10,12H2,1H3,(H,27,29,30). The van der Waals surface area contributed by atoms with E-state index < -0.39 is 17.3 Å². The molecule has 1 aromatic carbocycles. The number of anilines is 1. The molecule has 4 heterocycles. The maximum absolute atomic E-state index is 14.7. The quantitative estimate of drug-likeness (QED) is 0.665. The molecule has 2 aliphatic heterocycles. The molecule has 0 unspecified atom stereocenters. The van der Waals surface area contributed by atoms with Gasteiger partial charge in [0.2, 0.25) is 5.95 Å². The SMILES string of the molecule is CC(F)(F)c1cccc(CN=c2nc3n(c4cnc(C5=CCOCC5)cc24)CCN3)c1F. The highest BCUT2D eigenvalue weighted by Gasteiger charge is 2.29. The van der Waals surface area contributed by atoms with Gasteiger partial charge in [0, 0.05) is 31.0 Å². The van der Waals surface area contributed by atoms with E-state index in [4.69, 9.17) is 4.74 Å². The van der Waals surface area contributed by atoms with Gasteiger partial charge in [0.25, 0.3) is 5.92 Å². The van der Waals surface area contributed by atoms with Crippen molar-refractivity contribution in [3.63, 3.8) is 0 Å². The van der Waals surface area contributed by atoms with Crippen LogP contribution in [0.15, 0.2) is 41.5 Å². The topological polar surface area (TPSA) is 64.3 Å². The van der Waals surface area contributed by atoms with Gasteiger partial charge in [-0.05, 0) is 18.1 Å². The maximum atomic E-state index is 14.7. The zero-order valence-electron chi connectivity index (χ0n) is 17.5. The average molecular weight is 441 g/mol. The first-order valence-electron chi connectivity index (χ1n) is 10.5. The summed E-state index contributed by atoms with van der Waals surface area (Å²) in [6.45, 7) is 3.25. The number of nitrogens with zero attached hydrogens (tertiary/aromatic N) is 4. The van der Waals surface area contributed by atoms with Crippen molar-refractivity contribution < 1.29 is 17.9 Å². The van der Waals surface area contributed by atoms with E-state index in [1.807, 2.05) is 16.7 Å². The Morgan fingerprint density at radius 3 is 2.97 bits per heavy atom. The highest BCUT2D eigenvalue weighted by Crippen LogP contribution is 2.30. The number of rotatable bonds is 4. The molecule has 0 bridgehead atoms. The minimum Gasteiger partial charge on any atom is -0.377 e. The Hall–Kier alpha value is -3.20. The molecular weight excluding hydrogens is 419 g/mol. The van der Waals surface area contributed by atoms with Gasteiger partial charge in [-0.3, -0.25) is 9.98 Å². The molecule has 3 aromatic rings. The number of benzene rings is 1. The number of fused-ring (bicyclic) bond motifs is 3. The van der Waals surface area contributed by atoms with E-state index in [1.54, 1.807) is 6.20 Å². The predicted octanol–water partition coefficient (Wildman–Crippen LogP) is 4.01. The number of pyridine rings is 1. The molecular formula is C23H22F3N5O. The molecule has 0 saturated carbocycles. The Balaban J connectivity index is 1.62. The third kappa shape index (κ3) is 3.77. The minimum atomic E-state index is -3.27. The van der Waals surface area contributed by atoms with Crippen molar-refractivity contribution in [1.29, 1.82) is 0 Å². The molecule has 0 spiro atoms. The maximum Gasteiger partial charge on any atom is 0.273 e. The van der Waals surface area contributed by atoms with E-state index in [9.17, 15) is 13.2 Å². The summed E-state index contributed by atoms with van der Waals surface area (Å²) in [7, 11) is 0. The van der Waals surface area contributed by atoms with Gasteiger partial charge in [0.1, 0.15) is 5.82 Å². The largest absolute Gasteiger partial charge is 0.377 e. The average Bonchev–Trinajstić information content (AvgIpc) is 3.26.